The Balaban J connectivity index is 0. The molecule has 0 atom stereocenters. The predicted octanol–water partition coefficient (Wildman–Crippen LogP) is 8.66. The van der Waals surface area contributed by atoms with E-state index < -0.39 is 0 Å². The zero-order chi connectivity index (χ0) is 24.6. The topological polar surface area (TPSA) is 29.5 Å². The highest BCUT2D eigenvalue weighted by Gasteiger charge is 2.15. The van der Waals surface area contributed by atoms with Crippen molar-refractivity contribution in [2.24, 2.45) is 0 Å². The molecule has 0 unspecified atom stereocenters. The molecule has 0 aliphatic heterocycles. The van der Waals surface area contributed by atoms with Crippen molar-refractivity contribution in [1.82, 2.24) is 0 Å². The number of hydrogen-bond donors (Lipinski definition) is 1. The Morgan fingerprint density at radius 2 is 1.35 bits per heavy atom. The molecule has 0 amide bonds. The number of hydrogen-bond acceptors (Lipinski definition) is 2. The average Bonchev–Trinajstić information content (AvgIpc) is 2.72. The number of allylic oxidation sites excluding steroid dienone is 2. The van der Waals surface area contributed by atoms with E-state index in [1.54, 1.807) is 0 Å². The van der Waals surface area contributed by atoms with Gasteiger partial charge in [0.15, 0.2) is 0 Å². The first-order valence-corrected chi connectivity index (χ1v) is 12.3. The van der Waals surface area contributed by atoms with Crippen LogP contribution in [-0.4, -0.2) is 17.3 Å². The van der Waals surface area contributed by atoms with E-state index >= 15 is 0 Å². The lowest BCUT2D eigenvalue weighted by Crippen LogP contribution is -2.19. The molecule has 0 aromatic heterocycles. The van der Waals surface area contributed by atoms with E-state index in [1.807, 2.05) is 27.7 Å². The molecule has 180 valence electrons. The Labute approximate surface area is 194 Å². The fourth-order valence-corrected chi connectivity index (χ4v) is 3.28. The molecule has 1 N–H and O–H groups in total. The van der Waals surface area contributed by atoms with Gasteiger partial charge in [-0.15, -0.1) is 0 Å². The lowest BCUT2D eigenvalue weighted by atomic mass is 9.92. The van der Waals surface area contributed by atoms with Crippen LogP contribution in [0.4, 0.5) is 0 Å². The van der Waals surface area contributed by atoms with Crippen molar-refractivity contribution in [3.63, 3.8) is 0 Å². The van der Waals surface area contributed by atoms with E-state index in [1.165, 1.54) is 40.7 Å². The molecule has 1 aromatic carbocycles. The quantitative estimate of drug-likeness (QED) is 0.228. The fraction of sp³-hybridized carbons (Fsp3) is 0.655. The molecule has 0 fully saturated rings. The maximum Gasteiger partial charge on any atom is 0.115 e. The van der Waals surface area contributed by atoms with E-state index in [0.717, 1.165) is 37.0 Å². The highest BCUT2D eigenvalue weighted by atomic mass is 16.5. The van der Waals surface area contributed by atoms with Gasteiger partial charge in [-0.05, 0) is 102 Å². The van der Waals surface area contributed by atoms with Gasteiger partial charge in [0.05, 0.1) is 0 Å². The summed E-state index contributed by atoms with van der Waals surface area (Å²) >= 11 is 0. The number of unbranched alkanes of at least 4 members (excludes halogenated alkanes) is 3. The van der Waals surface area contributed by atoms with Crippen molar-refractivity contribution in [3.05, 3.63) is 57.9 Å². The van der Waals surface area contributed by atoms with Crippen molar-refractivity contribution in [3.8, 4) is 0 Å². The average molecular weight is 433 g/mol. The smallest absolute Gasteiger partial charge is 0.115 e. The molecule has 1 rings (SSSR count). The second kappa shape index (κ2) is 17.1. The molecule has 2 nitrogen and oxygen atoms in total. The predicted molar refractivity (Wildman–Crippen MR) is 140 cm³/mol. The summed E-state index contributed by atoms with van der Waals surface area (Å²) in [6, 6.07) is 4.71. The maximum absolute atomic E-state index is 8.88. The normalized spacial score (nSPS) is 11.5. The third-order valence-corrected chi connectivity index (χ3v) is 5.09. The van der Waals surface area contributed by atoms with Gasteiger partial charge < -0.3 is 9.84 Å². The number of rotatable bonds is 10. The number of aliphatic hydroxyl groups excluding tert-OH is 1. The third kappa shape index (κ3) is 13.5. The molecule has 0 radical (unpaired) electrons. The van der Waals surface area contributed by atoms with Crippen LogP contribution in [0, 0.1) is 13.8 Å². The van der Waals surface area contributed by atoms with Gasteiger partial charge in [-0.25, -0.2) is 0 Å². The van der Waals surface area contributed by atoms with E-state index in [9.17, 15) is 0 Å². The summed E-state index contributed by atoms with van der Waals surface area (Å²) in [5.41, 5.74) is 7.83. The van der Waals surface area contributed by atoms with Crippen LogP contribution >= 0.6 is 0 Å². The van der Waals surface area contributed by atoms with Crippen LogP contribution in [0.5, 0.6) is 0 Å². The second-order valence-corrected chi connectivity index (χ2v) is 8.81. The molecule has 1 aromatic rings. The molecule has 31 heavy (non-hydrogen) atoms. The van der Waals surface area contributed by atoms with Gasteiger partial charge in [0.1, 0.15) is 11.4 Å². The van der Waals surface area contributed by atoms with Gasteiger partial charge in [0.25, 0.3) is 0 Å². The summed E-state index contributed by atoms with van der Waals surface area (Å²) in [6.45, 7) is 27.3. The van der Waals surface area contributed by atoms with Crippen LogP contribution < -0.4 is 0 Å². The van der Waals surface area contributed by atoms with Gasteiger partial charge in [-0.1, -0.05) is 64.8 Å². The van der Waals surface area contributed by atoms with Gasteiger partial charge >= 0.3 is 0 Å². The van der Waals surface area contributed by atoms with Crippen LogP contribution in [0.3, 0.4) is 0 Å². The number of aryl methyl sites for hydroxylation is 3. The number of benzene rings is 1. The number of aliphatic hydroxyl groups is 1. The SMILES string of the molecule is C=C(OC(C)(C)C)/C(C)=C(\C)Cc1cc(C)c(CCCCCCO)cc1C.CC.CC. The van der Waals surface area contributed by atoms with Gasteiger partial charge in [-0.3, -0.25) is 0 Å². The summed E-state index contributed by atoms with van der Waals surface area (Å²) in [4.78, 5) is 0. The Morgan fingerprint density at radius 1 is 0.871 bits per heavy atom. The lowest BCUT2D eigenvalue weighted by Gasteiger charge is -2.24. The number of ether oxygens (including phenoxy) is 1. The summed E-state index contributed by atoms with van der Waals surface area (Å²) in [5.74, 6) is 0.772. The Hall–Kier alpha value is -1.54. The van der Waals surface area contributed by atoms with Crippen molar-refractivity contribution >= 4 is 0 Å². The molecule has 2 heteroatoms. The minimum absolute atomic E-state index is 0.218. The van der Waals surface area contributed by atoms with E-state index in [-0.39, 0.29) is 5.60 Å². The van der Waals surface area contributed by atoms with Crippen molar-refractivity contribution < 1.29 is 9.84 Å². The lowest BCUT2D eigenvalue weighted by molar-refractivity contribution is 0.0580. The minimum atomic E-state index is -0.218. The van der Waals surface area contributed by atoms with Crippen LogP contribution in [0.25, 0.3) is 0 Å². The summed E-state index contributed by atoms with van der Waals surface area (Å²) in [7, 11) is 0. The molecule has 0 saturated carbocycles. The Bertz CT molecular complexity index is 660. The minimum Gasteiger partial charge on any atom is -0.489 e. The first-order chi connectivity index (χ1) is 14.5. The second-order valence-electron chi connectivity index (χ2n) is 8.81. The molecule has 0 aliphatic carbocycles. The molecule has 0 saturated heterocycles. The Morgan fingerprint density at radius 3 is 1.87 bits per heavy atom. The Kier molecular flexibility index (Phi) is 17.4. The first-order valence-electron chi connectivity index (χ1n) is 12.3. The van der Waals surface area contributed by atoms with Crippen LogP contribution in [0.2, 0.25) is 0 Å². The van der Waals surface area contributed by atoms with Crippen molar-refractivity contribution in [2.75, 3.05) is 6.61 Å². The molecular formula is C29H52O2. The fourth-order valence-electron chi connectivity index (χ4n) is 3.28. The maximum atomic E-state index is 8.88. The van der Waals surface area contributed by atoms with Gasteiger partial charge in [0.2, 0.25) is 0 Å². The summed E-state index contributed by atoms with van der Waals surface area (Å²) < 4.78 is 5.94. The van der Waals surface area contributed by atoms with E-state index in [2.05, 4.69) is 67.2 Å². The van der Waals surface area contributed by atoms with E-state index in [4.69, 9.17) is 9.84 Å². The monoisotopic (exact) mass is 432 g/mol. The van der Waals surface area contributed by atoms with Crippen molar-refractivity contribution in [2.45, 2.75) is 120 Å². The van der Waals surface area contributed by atoms with Crippen LogP contribution in [-0.2, 0) is 17.6 Å². The van der Waals surface area contributed by atoms with Crippen LogP contribution in [0.1, 0.15) is 110 Å². The third-order valence-electron chi connectivity index (χ3n) is 5.09. The highest BCUT2D eigenvalue weighted by Crippen LogP contribution is 2.25. The molecular weight excluding hydrogens is 380 g/mol. The standard InChI is InChI=1S/C25H40O2.2C2H6/c1-18(21(4)22(5)27-25(6,7)8)15-24-17-19(2)23(16-20(24)3)13-11-9-10-12-14-26;2*1-2/h16-17,26H,5,9-15H2,1-4,6-8H3;2*1-2H3/b21-18+;;. The van der Waals surface area contributed by atoms with E-state index in [0.29, 0.717) is 6.61 Å². The zero-order valence-corrected chi connectivity index (χ0v) is 22.7. The zero-order valence-electron chi connectivity index (χ0n) is 22.7. The van der Waals surface area contributed by atoms with Crippen molar-refractivity contribution in [1.29, 1.82) is 0 Å². The summed E-state index contributed by atoms with van der Waals surface area (Å²) in [6.07, 6.45) is 6.49. The van der Waals surface area contributed by atoms with Gasteiger partial charge in [0, 0.05) is 6.61 Å². The molecule has 0 aliphatic rings. The molecule has 0 spiro atoms. The molecule has 0 bridgehead atoms. The largest absolute Gasteiger partial charge is 0.489 e. The highest BCUT2D eigenvalue weighted by molar-refractivity contribution is 5.40. The van der Waals surface area contributed by atoms with Gasteiger partial charge in [-0.2, -0.15) is 0 Å². The summed E-state index contributed by atoms with van der Waals surface area (Å²) in [5, 5.41) is 8.88. The van der Waals surface area contributed by atoms with Crippen LogP contribution in [0.15, 0.2) is 35.6 Å². The first kappa shape index (κ1) is 31.6. The molecule has 0 heterocycles.